The van der Waals surface area contributed by atoms with Crippen LogP contribution in [0.3, 0.4) is 0 Å². The average molecular weight is 329 g/mol. The third kappa shape index (κ3) is 5.81. The summed E-state index contributed by atoms with van der Waals surface area (Å²) in [4.78, 5) is 27.9. The SMILES string of the molecule is CCCNC(=O)CN1CCN(C(=O)/C=C/c2cccc(C)c2)CC1. The fraction of sp³-hybridized carbons (Fsp3) is 0.474. The van der Waals surface area contributed by atoms with E-state index in [1.165, 1.54) is 5.56 Å². The molecule has 0 aromatic heterocycles. The van der Waals surface area contributed by atoms with Gasteiger partial charge in [0.2, 0.25) is 11.8 Å². The van der Waals surface area contributed by atoms with Crippen molar-refractivity contribution in [3.05, 3.63) is 41.5 Å². The molecule has 0 aliphatic carbocycles. The van der Waals surface area contributed by atoms with E-state index in [1.54, 1.807) is 6.08 Å². The maximum absolute atomic E-state index is 12.3. The van der Waals surface area contributed by atoms with Gasteiger partial charge >= 0.3 is 0 Å². The minimum Gasteiger partial charge on any atom is -0.355 e. The Hall–Kier alpha value is -2.14. The quantitative estimate of drug-likeness (QED) is 0.808. The zero-order valence-electron chi connectivity index (χ0n) is 14.6. The maximum atomic E-state index is 12.3. The van der Waals surface area contributed by atoms with Gasteiger partial charge in [0.1, 0.15) is 0 Å². The molecule has 0 atom stereocenters. The van der Waals surface area contributed by atoms with Crippen LogP contribution in [0.4, 0.5) is 0 Å². The van der Waals surface area contributed by atoms with E-state index in [-0.39, 0.29) is 11.8 Å². The van der Waals surface area contributed by atoms with Crippen molar-refractivity contribution in [1.29, 1.82) is 0 Å². The number of hydrogen-bond donors (Lipinski definition) is 1. The number of benzene rings is 1. The van der Waals surface area contributed by atoms with Crippen molar-refractivity contribution in [1.82, 2.24) is 15.1 Å². The van der Waals surface area contributed by atoms with Gasteiger partial charge in [-0.2, -0.15) is 0 Å². The molecular formula is C19H27N3O2. The van der Waals surface area contributed by atoms with E-state index < -0.39 is 0 Å². The highest BCUT2D eigenvalue weighted by Crippen LogP contribution is 2.07. The Morgan fingerprint density at radius 3 is 2.62 bits per heavy atom. The van der Waals surface area contributed by atoms with Gasteiger partial charge in [0.05, 0.1) is 6.54 Å². The molecule has 1 fully saturated rings. The van der Waals surface area contributed by atoms with Gasteiger partial charge in [-0.1, -0.05) is 36.8 Å². The highest BCUT2D eigenvalue weighted by atomic mass is 16.2. The molecule has 0 spiro atoms. The van der Waals surface area contributed by atoms with Crippen LogP contribution in [0, 0.1) is 6.92 Å². The second-order valence-corrected chi connectivity index (χ2v) is 6.20. The molecule has 1 aromatic carbocycles. The number of carbonyl (C=O) groups excluding carboxylic acids is 2. The van der Waals surface area contributed by atoms with Crippen LogP contribution in [-0.2, 0) is 9.59 Å². The third-order valence-corrected chi connectivity index (χ3v) is 4.08. The zero-order valence-corrected chi connectivity index (χ0v) is 14.6. The molecule has 5 heteroatoms. The zero-order chi connectivity index (χ0) is 17.4. The van der Waals surface area contributed by atoms with Gasteiger partial charge < -0.3 is 10.2 Å². The van der Waals surface area contributed by atoms with Gasteiger partial charge in [0, 0.05) is 38.8 Å². The Labute approximate surface area is 144 Å². The van der Waals surface area contributed by atoms with Gasteiger partial charge in [-0.25, -0.2) is 0 Å². The monoisotopic (exact) mass is 329 g/mol. The summed E-state index contributed by atoms with van der Waals surface area (Å²) in [5.41, 5.74) is 2.22. The third-order valence-electron chi connectivity index (χ3n) is 4.08. The van der Waals surface area contributed by atoms with Crippen LogP contribution in [0.1, 0.15) is 24.5 Å². The normalized spacial score (nSPS) is 15.7. The smallest absolute Gasteiger partial charge is 0.246 e. The summed E-state index contributed by atoms with van der Waals surface area (Å²) in [5.74, 6) is 0.0996. The Morgan fingerprint density at radius 1 is 1.21 bits per heavy atom. The molecule has 0 unspecified atom stereocenters. The van der Waals surface area contributed by atoms with Gasteiger partial charge in [-0.3, -0.25) is 14.5 Å². The van der Waals surface area contributed by atoms with Crippen LogP contribution in [-0.4, -0.2) is 60.9 Å². The predicted octanol–water partition coefficient (Wildman–Crippen LogP) is 1.68. The molecule has 1 N–H and O–H groups in total. The summed E-state index contributed by atoms with van der Waals surface area (Å²) < 4.78 is 0. The lowest BCUT2D eigenvalue weighted by molar-refractivity contribution is -0.128. The lowest BCUT2D eigenvalue weighted by Crippen LogP contribution is -2.50. The number of hydrogen-bond acceptors (Lipinski definition) is 3. The van der Waals surface area contributed by atoms with Gasteiger partial charge in [0.25, 0.3) is 0 Å². The predicted molar refractivity (Wildman–Crippen MR) is 96.5 cm³/mol. The maximum Gasteiger partial charge on any atom is 0.246 e. The van der Waals surface area contributed by atoms with Crippen molar-refractivity contribution in [3.63, 3.8) is 0 Å². The lowest BCUT2D eigenvalue weighted by atomic mass is 10.1. The molecule has 24 heavy (non-hydrogen) atoms. The van der Waals surface area contributed by atoms with Crippen molar-refractivity contribution < 1.29 is 9.59 Å². The molecule has 2 rings (SSSR count). The summed E-state index contributed by atoms with van der Waals surface area (Å²) in [6.07, 6.45) is 4.44. The summed E-state index contributed by atoms with van der Waals surface area (Å²) >= 11 is 0. The van der Waals surface area contributed by atoms with Gasteiger partial charge in [-0.05, 0) is 25.0 Å². The van der Waals surface area contributed by atoms with Crippen LogP contribution in [0.5, 0.6) is 0 Å². The Morgan fingerprint density at radius 2 is 1.96 bits per heavy atom. The first-order valence-corrected chi connectivity index (χ1v) is 8.61. The van der Waals surface area contributed by atoms with Crippen LogP contribution in [0.15, 0.2) is 30.3 Å². The molecule has 130 valence electrons. The van der Waals surface area contributed by atoms with E-state index >= 15 is 0 Å². The molecule has 0 radical (unpaired) electrons. The van der Waals surface area contributed by atoms with E-state index in [2.05, 4.69) is 16.3 Å². The van der Waals surface area contributed by atoms with Crippen LogP contribution < -0.4 is 5.32 Å². The molecule has 1 heterocycles. The molecule has 0 saturated carbocycles. The first-order valence-electron chi connectivity index (χ1n) is 8.61. The van der Waals surface area contributed by atoms with Gasteiger partial charge in [-0.15, -0.1) is 0 Å². The topological polar surface area (TPSA) is 52.7 Å². The van der Waals surface area contributed by atoms with E-state index in [1.807, 2.05) is 43.0 Å². The van der Waals surface area contributed by atoms with Crippen molar-refractivity contribution in [2.75, 3.05) is 39.3 Å². The number of nitrogens with zero attached hydrogens (tertiary/aromatic N) is 2. The molecule has 5 nitrogen and oxygen atoms in total. The van der Waals surface area contributed by atoms with Crippen molar-refractivity contribution in [2.24, 2.45) is 0 Å². The Balaban J connectivity index is 1.77. The van der Waals surface area contributed by atoms with Crippen molar-refractivity contribution >= 4 is 17.9 Å². The highest BCUT2D eigenvalue weighted by Gasteiger charge is 2.20. The summed E-state index contributed by atoms with van der Waals surface area (Å²) in [6, 6.07) is 8.07. The van der Waals surface area contributed by atoms with Gasteiger partial charge in [0.15, 0.2) is 0 Å². The molecule has 2 amide bonds. The molecule has 1 aliphatic heterocycles. The first kappa shape index (κ1) is 18.2. The van der Waals surface area contributed by atoms with E-state index in [0.717, 1.165) is 31.6 Å². The Bertz CT molecular complexity index is 590. The number of amides is 2. The number of carbonyl (C=O) groups is 2. The summed E-state index contributed by atoms with van der Waals surface area (Å²) in [7, 11) is 0. The van der Waals surface area contributed by atoms with E-state index in [4.69, 9.17) is 0 Å². The number of nitrogens with one attached hydrogen (secondary N) is 1. The second kappa shape index (κ2) is 9.23. The van der Waals surface area contributed by atoms with Crippen molar-refractivity contribution in [2.45, 2.75) is 20.3 Å². The largest absolute Gasteiger partial charge is 0.355 e. The molecule has 1 aromatic rings. The first-order chi connectivity index (χ1) is 11.6. The minimum atomic E-state index is 0.0339. The number of piperazine rings is 1. The average Bonchev–Trinajstić information content (AvgIpc) is 2.58. The number of rotatable bonds is 6. The fourth-order valence-corrected chi connectivity index (χ4v) is 2.70. The van der Waals surface area contributed by atoms with E-state index in [9.17, 15) is 9.59 Å². The van der Waals surface area contributed by atoms with Crippen molar-refractivity contribution in [3.8, 4) is 0 Å². The molecular weight excluding hydrogens is 302 g/mol. The van der Waals surface area contributed by atoms with Crippen LogP contribution >= 0.6 is 0 Å². The van der Waals surface area contributed by atoms with Crippen LogP contribution in [0.2, 0.25) is 0 Å². The van der Waals surface area contributed by atoms with E-state index in [0.29, 0.717) is 19.6 Å². The Kier molecular flexibility index (Phi) is 7.00. The van der Waals surface area contributed by atoms with Crippen LogP contribution in [0.25, 0.3) is 6.08 Å². The summed E-state index contributed by atoms with van der Waals surface area (Å²) in [6.45, 7) is 8.02. The lowest BCUT2D eigenvalue weighted by Gasteiger charge is -2.33. The number of aryl methyl sites for hydroxylation is 1. The second-order valence-electron chi connectivity index (χ2n) is 6.20. The fourth-order valence-electron chi connectivity index (χ4n) is 2.70. The molecule has 0 bridgehead atoms. The minimum absolute atomic E-state index is 0.0339. The standard InChI is InChI=1S/C19H27N3O2/c1-3-9-20-18(23)15-21-10-12-22(13-11-21)19(24)8-7-17-6-4-5-16(2)14-17/h4-8,14H,3,9-13,15H2,1-2H3,(H,20,23)/b8-7+. The summed E-state index contributed by atoms with van der Waals surface area (Å²) in [5, 5.41) is 2.88. The molecule has 1 aliphatic rings. The highest BCUT2D eigenvalue weighted by molar-refractivity contribution is 5.91. The molecule has 1 saturated heterocycles.